The van der Waals surface area contributed by atoms with E-state index in [4.69, 9.17) is 0 Å². The normalized spacial score (nSPS) is 13.5. The molecule has 0 saturated heterocycles. The molecule has 28 heavy (non-hydrogen) atoms. The predicted octanol–water partition coefficient (Wildman–Crippen LogP) is 4.67. The molecule has 0 aliphatic rings. The topological polar surface area (TPSA) is 45.1 Å². The summed E-state index contributed by atoms with van der Waals surface area (Å²) in [4.78, 5) is 11.0. The molecule has 0 radical (unpaired) electrons. The van der Waals surface area contributed by atoms with Gasteiger partial charge in [-0.2, -0.15) is 26.3 Å². The third-order valence-electron chi connectivity index (χ3n) is 4.34. The van der Waals surface area contributed by atoms with E-state index in [9.17, 15) is 36.2 Å². The van der Waals surface area contributed by atoms with Gasteiger partial charge in [0, 0.05) is 28.4 Å². The van der Waals surface area contributed by atoms with Crippen LogP contribution in [-0.4, -0.2) is 16.5 Å². The molecular weight excluding hydrogens is 388 g/mol. The van der Waals surface area contributed by atoms with Crippen LogP contribution < -0.4 is 5.11 Å². The van der Waals surface area contributed by atoms with Crippen LogP contribution >= 0.6 is 0 Å². The SMILES string of the molecule is CCn1c2cc(/C([O-])=C/C(=O)C(F)(F)F)ccc2c2ccc(C(F)(F)F)cc21. The maximum Gasteiger partial charge on any atom is 0.454 e. The second-order valence-electron chi connectivity index (χ2n) is 6.08. The lowest BCUT2D eigenvalue weighted by Gasteiger charge is -2.13. The van der Waals surface area contributed by atoms with Crippen molar-refractivity contribution in [3.05, 3.63) is 53.6 Å². The number of hydrogen-bond donors (Lipinski definition) is 0. The van der Waals surface area contributed by atoms with E-state index in [0.29, 0.717) is 16.3 Å². The summed E-state index contributed by atoms with van der Waals surface area (Å²) in [5, 5.41) is 13.1. The van der Waals surface area contributed by atoms with Gasteiger partial charge in [0.2, 0.25) is 0 Å². The number of halogens is 6. The van der Waals surface area contributed by atoms with Crippen LogP contribution in [0.15, 0.2) is 42.5 Å². The minimum absolute atomic E-state index is 0.0398. The molecule has 2 aromatic carbocycles. The maximum absolute atomic E-state index is 13.0. The zero-order chi connectivity index (χ0) is 20.9. The van der Waals surface area contributed by atoms with Gasteiger partial charge in [-0.3, -0.25) is 4.79 Å². The summed E-state index contributed by atoms with van der Waals surface area (Å²) in [6.45, 7) is 1.96. The van der Waals surface area contributed by atoms with Crippen LogP contribution in [0.1, 0.15) is 18.1 Å². The summed E-state index contributed by atoms with van der Waals surface area (Å²) >= 11 is 0. The van der Waals surface area contributed by atoms with Crippen molar-refractivity contribution < 1.29 is 36.2 Å². The van der Waals surface area contributed by atoms with Gasteiger partial charge in [-0.05, 0) is 36.8 Å². The molecular formula is C19H12F6NO2-. The Bertz CT molecular complexity index is 1110. The largest absolute Gasteiger partial charge is 0.872 e. The van der Waals surface area contributed by atoms with Gasteiger partial charge in [-0.25, -0.2) is 0 Å². The molecule has 0 spiro atoms. The highest BCUT2D eigenvalue weighted by Crippen LogP contribution is 2.36. The molecule has 0 aliphatic carbocycles. The molecule has 3 aromatic rings. The van der Waals surface area contributed by atoms with Crippen molar-refractivity contribution in [2.75, 3.05) is 0 Å². The fourth-order valence-electron chi connectivity index (χ4n) is 3.05. The molecule has 0 amide bonds. The molecule has 3 rings (SSSR count). The molecule has 9 heteroatoms. The second kappa shape index (κ2) is 6.57. The minimum atomic E-state index is -5.16. The van der Waals surface area contributed by atoms with Crippen molar-refractivity contribution in [1.29, 1.82) is 0 Å². The Balaban J connectivity index is 2.20. The van der Waals surface area contributed by atoms with Crippen molar-refractivity contribution in [2.24, 2.45) is 0 Å². The summed E-state index contributed by atoms with van der Waals surface area (Å²) in [5.74, 6) is -3.41. The Morgan fingerprint density at radius 2 is 1.57 bits per heavy atom. The summed E-state index contributed by atoms with van der Waals surface area (Å²) in [6.07, 6.45) is -9.73. The monoisotopic (exact) mass is 400 g/mol. The van der Waals surface area contributed by atoms with Crippen molar-refractivity contribution in [3.8, 4) is 0 Å². The Kier molecular flexibility index (Phi) is 4.64. The number of aromatic nitrogens is 1. The highest BCUT2D eigenvalue weighted by molar-refractivity contribution is 6.09. The molecule has 3 nitrogen and oxygen atoms in total. The van der Waals surface area contributed by atoms with E-state index in [1.165, 1.54) is 28.8 Å². The van der Waals surface area contributed by atoms with Crippen molar-refractivity contribution in [2.45, 2.75) is 25.8 Å². The van der Waals surface area contributed by atoms with Crippen LogP contribution in [-0.2, 0) is 17.5 Å². The lowest BCUT2D eigenvalue weighted by Crippen LogP contribution is -2.21. The number of benzene rings is 2. The number of alkyl halides is 6. The van der Waals surface area contributed by atoms with Crippen molar-refractivity contribution >= 4 is 33.3 Å². The van der Waals surface area contributed by atoms with Crippen LogP contribution in [0.3, 0.4) is 0 Å². The van der Waals surface area contributed by atoms with Crippen LogP contribution in [0.2, 0.25) is 0 Å². The highest BCUT2D eigenvalue weighted by Gasteiger charge is 2.36. The number of carbonyl (C=O) groups excluding carboxylic acids is 1. The number of aryl methyl sites for hydroxylation is 1. The first-order valence-electron chi connectivity index (χ1n) is 8.07. The standard InChI is InChI=1S/C19H13F6NO2/c1-2-26-14-7-10(16(27)9-17(28)19(23,24)25)3-5-12(14)13-6-4-11(8-15(13)26)18(20,21)22/h3-9,27H,2H2,1H3/p-1/b16-9-. The van der Waals surface area contributed by atoms with Crippen LogP contribution in [0.4, 0.5) is 26.3 Å². The molecule has 0 bridgehead atoms. The first kappa shape index (κ1) is 19.8. The second-order valence-corrected chi connectivity index (χ2v) is 6.08. The Morgan fingerprint density at radius 3 is 2.11 bits per heavy atom. The molecule has 0 unspecified atom stereocenters. The van der Waals surface area contributed by atoms with Gasteiger partial charge in [0.1, 0.15) is 0 Å². The summed E-state index contributed by atoms with van der Waals surface area (Å²) < 4.78 is 77.6. The third kappa shape index (κ3) is 3.44. The average molecular weight is 400 g/mol. The summed E-state index contributed by atoms with van der Waals surface area (Å²) in [5.41, 5.74) is -0.334. The number of hydrogen-bond acceptors (Lipinski definition) is 2. The fraction of sp³-hybridized carbons (Fsp3) is 0.211. The minimum Gasteiger partial charge on any atom is -0.872 e. The van der Waals surface area contributed by atoms with Gasteiger partial charge in [0.15, 0.2) is 0 Å². The first-order chi connectivity index (χ1) is 12.9. The van der Waals surface area contributed by atoms with Gasteiger partial charge in [0.05, 0.1) is 5.56 Å². The van der Waals surface area contributed by atoms with E-state index in [-0.39, 0.29) is 23.7 Å². The molecule has 0 fully saturated rings. The number of nitrogens with zero attached hydrogens (tertiary/aromatic N) is 1. The number of rotatable bonds is 3. The zero-order valence-corrected chi connectivity index (χ0v) is 14.3. The van der Waals surface area contributed by atoms with Crippen LogP contribution in [0.5, 0.6) is 0 Å². The molecule has 0 N–H and O–H groups in total. The number of fused-ring (bicyclic) bond motifs is 3. The molecule has 1 aromatic heterocycles. The molecule has 0 saturated carbocycles. The van der Waals surface area contributed by atoms with Crippen molar-refractivity contribution in [1.82, 2.24) is 4.57 Å². The van der Waals surface area contributed by atoms with E-state index in [0.717, 1.165) is 12.1 Å². The van der Waals surface area contributed by atoms with E-state index in [1.807, 2.05) is 0 Å². The quantitative estimate of drug-likeness (QED) is 0.365. The van der Waals surface area contributed by atoms with Crippen LogP contribution in [0.25, 0.3) is 27.6 Å². The molecule has 0 aliphatic heterocycles. The van der Waals surface area contributed by atoms with E-state index in [2.05, 4.69) is 0 Å². The van der Waals surface area contributed by atoms with Gasteiger partial charge < -0.3 is 9.67 Å². The van der Waals surface area contributed by atoms with Gasteiger partial charge >= 0.3 is 12.4 Å². The lowest BCUT2D eigenvalue weighted by atomic mass is 10.1. The van der Waals surface area contributed by atoms with Crippen molar-refractivity contribution in [3.63, 3.8) is 0 Å². The summed E-state index contributed by atoms with van der Waals surface area (Å²) in [7, 11) is 0. The van der Waals surface area contributed by atoms with E-state index in [1.54, 1.807) is 6.92 Å². The number of carbonyl (C=O) groups is 1. The smallest absolute Gasteiger partial charge is 0.454 e. The molecule has 0 atom stereocenters. The first-order valence-corrected chi connectivity index (χ1v) is 8.07. The third-order valence-corrected chi connectivity index (χ3v) is 4.34. The average Bonchev–Trinajstić information content (AvgIpc) is 2.92. The number of allylic oxidation sites excluding steroid dienone is 1. The molecule has 148 valence electrons. The van der Waals surface area contributed by atoms with Gasteiger partial charge in [0.25, 0.3) is 5.78 Å². The van der Waals surface area contributed by atoms with E-state index >= 15 is 0 Å². The highest BCUT2D eigenvalue weighted by atomic mass is 19.4. The lowest BCUT2D eigenvalue weighted by molar-refractivity contribution is -0.244. The predicted molar refractivity (Wildman–Crippen MR) is 89.2 cm³/mol. The van der Waals surface area contributed by atoms with Gasteiger partial charge in [-0.1, -0.05) is 24.0 Å². The molecule has 1 heterocycles. The Morgan fingerprint density at radius 1 is 1.00 bits per heavy atom. The number of ketones is 1. The zero-order valence-electron chi connectivity index (χ0n) is 14.3. The maximum atomic E-state index is 13.0. The Labute approximate surface area is 154 Å². The fourth-order valence-corrected chi connectivity index (χ4v) is 3.05. The summed E-state index contributed by atoms with van der Waals surface area (Å²) in [6, 6.07) is 7.19. The van der Waals surface area contributed by atoms with Gasteiger partial charge in [-0.15, -0.1) is 0 Å². The van der Waals surface area contributed by atoms with E-state index < -0.39 is 29.5 Å². The van der Waals surface area contributed by atoms with Crippen LogP contribution in [0, 0.1) is 0 Å². The Hall–Kier alpha value is -2.97.